The number of pyridine rings is 1. The quantitative estimate of drug-likeness (QED) is 0.652. The van der Waals surface area contributed by atoms with Gasteiger partial charge in [-0.2, -0.15) is 4.31 Å². The molecule has 3 aromatic rings. The summed E-state index contributed by atoms with van der Waals surface area (Å²) >= 11 is 0. The van der Waals surface area contributed by atoms with E-state index in [4.69, 9.17) is 4.74 Å². The third kappa shape index (κ3) is 3.90. The van der Waals surface area contributed by atoms with Crippen molar-refractivity contribution in [3.8, 4) is 0 Å². The van der Waals surface area contributed by atoms with E-state index >= 15 is 0 Å². The van der Waals surface area contributed by atoms with Crippen molar-refractivity contribution in [3.05, 3.63) is 66.4 Å². The topological polar surface area (TPSA) is 71.9 Å². The van der Waals surface area contributed by atoms with Crippen LogP contribution in [0.4, 0.5) is 5.69 Å². The average Bonchev–Trinajstić information content (AvgIpc) is 2.73. The Labute approximate surface area is 158 Å². The Morgan fingerprint density at radius 3 is 2.59 bits per heavy atom. The van der Waals surface area contributed by atoms with Crippen LogP contribution in [0.1, 0.15) is 5.56 Å². The van der Waals surface area contributed by atoms with E-state index in [1.165, 1.54) is 4.31 Å². The molecule has 1 fully saturated rings. The lowest BCUT2D eigenvalue weighted by atomic mass is 10.1. The van der Waals surface area contributed by atoms with Crippen LogP contribution in [0.5, 0.6) is 0 Å². The average molecular weight is 381 g/mol. The van der Waals surface area contributed by atoms with Gasteiger partial charge < -0.3 is 4.74 Å². The second-order valence-corrected chi connectivity index (χ2v) is 8.16. The highest BCUT2D eigenvalue weighted by molar-refractivity contribution is 7.89. The number of ether oxygens (including phenoxy) is 1. The fraction of sp³-hybridized carbons (Fsp3) is 0.200. The Balaban J connectivity index is 1.52. The van der Waals surface area contributed by atoms with Crippen LogP contribution in [0.3, 0.4) is 0 Å². The van der Waals surface area contributed by atoms with Crippen LogP contribution in [-0.2, 0) is 14.8 Å². The highest BCUT2D eigenvalue weighted by atomic mass is 32.2. The SMILES string of the molecule is O=S(=O)(c1ccc(N=Cc2ccc3ncccc3c2)cc1)N1CCOCC1. The molecule has 0 atom stereocenters. The molecule has 0 radical (unpaired) electrons. The van der Waals surface area contributed by atoms with Gasteiger partial charge in [-0.05, 0) is 48.0 Å². The Hall–Kier alpha value is -2.61. The van der Waals surface area contributed by atoms with E-state index in [-0.39, 0.29) is 4.90 Å². The van der Waals surface area contributed by atoms with Crippen molar-refractivity contribution < 1.29 is 13.2 Å². The number of morpholine rings is 1. The monoisotopic (exact) mass is 381 g/mol. The molecule has 138 valence electrons. The van der Waals surface area contributed by atoms with Gasteiger partial charge >= 0.3 is 0 Å². The summed E-state index contributed by atoms with van der Waals surface area (Å²) < 4.78 is 31.9. The normalized spacial score (nSPS) is 16.1. The molecule has 2 heterocycles. The number of nitrogens with zero attached hydrogens (tertiary/aromatic N) is 3. The van der Waals surface area contributed by atoms with E-state index in [1.54, 1.807) is 36.7 Å². The lowest BCUT2D eigenvalue weighted by molar-refractivity contribution is 0.0730. The molecule has 0 N–H and O–H groups in total. The molecule has 0 aliphatic carbocycles. The number of hydrogen-bond acceptors (Lipinski definition) is 5. The molecule has 1 aromatic heterocycles. The summed E-state index contributed by atoms with van der Waals surface area (Å²) in [6.45, 7) is 1.64. The second-order valence-electron chi connectivity index (χ2n) is 6.22. The molecule has 6 nitrogen and oxygen atoms in total. The van der Waals surface area contributed by atoms with Crippen LogP contribution in [-0.4, -0.2) is 50.2 Å². The minimum atomic E-state index is -3.48. The Morgan fingerprint density at radius 2 is 1.81 bits per heavy atom. The molecule has 7 heteroatoms. The standard InChI is InChI=1S/C20H19N3O3S/c24-27(25,23-10-12-26-13-11-23)19-6-4-18(5-7-19)22-15-16-3-8-20-17(14-16)2-1-9-21-20/h1-9,14-15H,10-13H2. The van der Waals surface area contributed by atoms with Gasteiger partial charge in [0.15, 0.2) is 0 Å². The first-order chi connectivity index (χ1) is 13.1. The van der Waals surface area contributed by atoms with Crippen LogP contribution in [0, 0.1) is 0 Å². The summed E-state index contributed by atoms with van der Waals surface area (Å²) in [6.07, 6.45) is 3.53. The smallest absolute Gasteiger partial charge is 0.243 e. The van der Waals surface area contributed by atoms with Gasteiger partial charge in [-0.1, -0.05) is 12.1 Å². The summed E-state index contributed by atoms with van der Waals surface area (Å²) in [6, 6.07) is 16.5. The summed E-state index contributed by atoms with van der Waals surface area (Å²) in [7, 11) is -3.48. The Morgan fingerprint density at radius 1 is 1.04 bits per heavy atom. The number of aliphatic imine (C=N–C) groups is 1. The molecule has 0 bridgehead atoms. The van der Waals surface area contributed by atoms with Crippen molar-refractivity contribution in [3.63, 3.8) is 0 Å². The van der Waals surface area contributed by atoms with Crippen LogP contribution in [0.2, 0.25) is 0 Å². The van der Waals surface area contributed by atoms with Gasteiger partial charge in [-0.25, -0.2) is 8.42 Å². The van der Waals surface area contributed by atoms with Crippen molar-refractivity contribution in [2.45, 2.75) is 4.90 Å². The third-order valence-corrected chi connectivity index (χ3v) is 6.35. The molecular formula is C20H19N3O3S. The van der Waals surface area contributed by atoms with Gasteiger partial charge in [-0.15, -0.1) is 0 Å². The van der Waals surface area contributed by atoms with Crippen molar-refractivity contribution in [1.82, 2.24) is 9.29 Å². The highest BCUT2D eigenvalue weighted by Gasteiger charge is 2.25. The van der Waals surface area contributed by atoms with E-state index < -0.39 is 10.0 Å². The van der Waals surface area contributed by atoms with Crippen LogP contribution in [0.25, 0.3) is 10.9 Å². The van der Waals surface area contributed by atoms with Gasteiger partial charge in [0.2, 0.25) is 10.0 Å². The molecular weight excluding hydrogens is 362 g/mol. The Kier molecular flexibility index (Phi) is 4.98. The molecule has 0 saturated carbocycles. The third-order valence-electron chi connectivity index (χ3n) is 4.43. The molecule has 0 amide bonds. The first-order valence-corrected chi connectivity index (χ1v) is 10.1. The molecule has 1 saturated heterocycles. The number of aromatic nitrogens is 1. The zero-order chi connectivity index (χ0) is 18.7. The first-order valence-electron chi connectivity index (χ1n) is 8.70. The van der Waals surface area contributed by atoms with E-state index in [0.717, 1.165) is 16.5 Å². The zero-order valence-electron chi connectivity index (χ0n) is 14.7. The summed E-state index contributed by atoms with van der Waals surface area (Å²) in [4.78, 5) is 9.02. The maximum Gasteiger partial charge on any atom is 0.243 e. The molecule has 0 unspecified atom stereocenters. The zero-order valence-corrected chi connectivity index (χ0v) is 15.5. The van der Waals surface area contributed by atoms with Crippen LogP contribution in [0.15, 0.2) is 70.7 Å². The van der Waals surface area contributed by atoms with Gasteiger partial charge in [0.1, 0.15) is 0 Å². The molecule has 27 heavy (non-hydrogen) atoms. The summed E-state index contributed by atoms with van der Waals surface area (Å²) in [5, 5.41) is 1.05. The maximum atomic E-state index is 12.6. The predicted molar refractivity (Wildman–Crippen MR) is 105 cm³/mol. The number of fused-ring (bicyclic) bond motifs is 1. The van der Waals surface area contributed by atoms with Crippen molar-refractivity contribution in [2.24, 2.45) is 4.99 Å². The summed E-state index contributed by atoms with van der Waals surface area (Å²) in [5.74, 6) is 0. The van der Waals surface area contributed by atoms with Crippen molar-refractivity contribution in [2.75, 3.05) is 26.3 Å². The molecule has 0 spiro atoms. The van der Waals surface area contributed by atoms with Crippen LogP contribution < -0.4 is 0 Å². The minimum Gasteiger partial charge on any atom is -0.379 e. The van der Waals surface area contributed by atoms with E-state index in [9.17, 15) is 8.42 Å². The number of sulfonamides is 1. The number of benzene rings is 2. The van der Waals surface area contributed by atoms with Gasteiger partial charge in [-0.3, -0.25) is 9.98 Å². The molecule has 1 aliphatic heterocycles. The largest absolute Gasteiger partial charge is 0.379 e. The van der Waals surface area contributed by atoms with Gasteiger partial charge in [0.05, 0.1) is 29.3 Å². The molecule has 2 aromatic carbocycles. The van der Waals surface area contributed by atoms with Crippen molar-refractivity contribution in [1.29, 1.82) is 0 Å². The molecule has 4 rings (SSSR count). The highest BCUT2D eigenvalue weighted by Crippen LogP contribution is 2.21. The van der Waals surface area contributed by atoms with Gasteiger partial charge in [0, 0.05) is 30.9 Å². The predicted octanol–water partition coefficient (Wildman–Crippen LogP) is 3.01. The lowest BCUT2D eigenvalue weighted by Gasteiger charge is -2.26. The first kappa shape index (κ1) is 17.8. The lowest BCUT2D eigenvalue weighted by Crippen LogP contribution is -2.40. The van der Waals surface area contributed by atoms with Crippen molar-refractivity contribution >= 4 is 32.8 Å². The van der Waals surface area contributed by atoms with E-state index in [2.05, 4.69) is 9.98 Å². The molecule has 1 aliphatic rings. The van der Waals surface area contributed by atoms with Gasteiger partial charge in [0.25, 0.3) is 0 Å². The van der Waals surface area contributed by atoms with E-state index in [1.807, 2.05) is 30.3 Å². The Bertz CT molecular complexity index is 1070. The number of rotatable bonds is 4. The fourth-order valence-corrected chi connectivity index (χ4v) is 4.37. The van der Waals surface area contributed by atoms with Crippen LogP contribution >= 0.6 is 0 Å². The summed E-state index contributed by atoms with van der Waals surface area (Å²) in [5.41, 5.74) is 2.59. The fourth-order valence-electron chi connectivity index (χ4n) is 2.96. The van der Waals surface area contributed by atoms with E-state index in [0.29, 0.717) is 32.0 Å². The second kappa shape index (κ2) is 7.56. The maximum absolute atomic E-state index is 12.6. The number of hydrogen-bond donors (Lipinski definition) is 0. The minimum absolute atomic E-state index is 0.278.